The van der Waals surface area contributed by atoms with Crippen molar-refractivity contribution in [3.8, 4) is 0 Å². The van der Waals surface area contributed by atoms with E-state index in [9.17, 15) is 4.79 Å². The van der Waals surface area contributed by atoms with Crippen molar-refractivity contribution in [1.29, 1.82) is 0 Å². The average Bonchev–Trinajstić information content (AvgIpc) is 3.05. The second-order valence-corrected chi connectivity index (χ2v) is 7.65. The van der Waals surface area contributed by atoms with Crippen LogP contribution in [0.2, 0.25) is 5.02 Å². The fourth-order valence-corrected chi connectivity index (χ4v) is 3.54. The average molecular weight is 413 g/mol. The third-order valence-electron chi connectivity index (χ3n) is 4.15. The molecule has 1 heterocycles. The normalized spacial score (nSPS) is 11.1. The number of thioether (sulfide) groups is 1. The minimum absolute atomic E-state index is 0.211. The topological polar surface area (TPSA) is 59.8 Å². The molecule has 0 aliphatic rings. The smallest absolute Gasteiger partial charge is 0.244 e. The molecule has 0 aliphatic carbocycles. The highest BCUT2D eigenvalue weighted by Gasteiger charge is 2.10. The van der Waals surface area contributed by atoms with Crippen molar-refractivity contribution < 1.29 is 4.79 Å². The molecule has 1 aromatic heterocycles. The van der Waals surface area contributed by atoms with E-state index >= 15 is 0 Å². The highest BCUT2D eigenvalue weighted by molar-refractivity contribution is 7.98. The molecule has 0 radical (unpaired) electrons. The zero-order valence-electron chi connectivity index (χ0n) is 15.7. The van der Waals surface area contributed by atoms with Crippen LogP contribution in [0, 0.1) is 6.92 Å². The van der Waals surface area contributed by atoms with Crippen LogP contribution in [0.3, 0.4) is 0 Å². The lowest BCUT2D eigenvalue weighted by atomic mass is 10.2. The molecule has 1 amide bonds. The molecule has 0 atom stereocenters. The number of aryl methyl sites for hydroxylation is 1. The SMILES string of the molecule is Cc1ccc(CSc2nnc(CNC(=O)/C=C/c3ccccc3Cl)n2C)cc1. The molecule has 5 nitrogen and oxygen atoms in total. The van der Waals surface area contributed by atoms with Gasteiger partial charge in [0.15, 0.2) is 11.0 Å². The zero-order chi connectivity index (χ0) is 19.9. The summed E-state index contributed by atoms with van der Waals surface area (Å²) in [7, 11) is 1.90. The summed E-state index contributed by atoms with van der Waals surface area (Å²) in [4.78, 5) is 12.1. The largest absolute Gasteiger partial charge is 0.345 e. The Kier molecular flexibility index (Phi) is 6.90. The van der Waals surface area contributed by atoms with Crippen molar-refractivity contribution in [2.24, 2.45) is 7.05 Å². The second-order valence-electron chi connectivity index (χ2n) is 6.30. The number of nitrogens with one attached hydrogen (secondary N) is 1. The van der Waals surface area contributed by atoms with E-state index in [0.717, 1.165) is 16.5 Å². The number of nitrogens with zero attached hydrogens (tertiary/aromatic N) is 3. The van der Waals surface area contributed by atoms with Crippen LogP contribution in [0.4, 0.5) is 0 Å². The van der Waals surface area contributed by atoms with Crippen LogP contribution in [-0.4, -0.2) is 20.7 Å². The number of carbonyl (C=O) groups excluding carboxylic acids is 1. The number of hydrogen-bond donors (Lipinski definition) is 1. The van der Waals surface area contributed by atoms with Gasteiger partial charge in [-0.1, -0.05) is 71.4 Å². The van der Waals surface area contributed by atoms with Crippen molar-refractivity contribution in [2.45, 2.75) is 24.4 Å². The van der Waals surface area contributed by atoms with E-state index in [0.29, 0.717) is 17.4 Å². The lowest BCUT2D eigenvalue weighted by molar-refractivity contribution is -0.116. The van der Waals surface area contributed by atoms with Crippen molar-refractivity contribution in [2.75, 3.05) is 0 Å². The molecule has 0 aliphatic heterocycles. The van der Waals surface area contributed by atoms with Crippen molar-refractivity contribution in [3.63, 3.8) is 0 Å². The Balaban J connectivity index is 1.53. The maximum absolute atomic E-state index is 12.1. The van der Waals surface area contributed by atoms with Crippen molar-refractivity contribution in [3.05, 3.63) is 82.1 Å². The van der Waals surface area contributed by atoms with Gasteiger partial charge in [-0.15, -0.1) is 10.2 Å². The van der Waals surface area contributed by atoms with E-state index < -0.39 is 0 Å². The summed E-state index contributed by atoms with van der Waals surface area (Å²) in [6.07, 6.45) is 3.15. The maximum Gasteiger partial charge on any atom is 0.244 e. The first-order chi connectivity index (χ1) is 13.5. The van der Waals surface area contributed by atoms with Gasteiger partial charge in [0.05, 0.1) is 6.54 Å². The summed E-state index contributed by atoms with van der Waals surface area (Å²) in [5.74, 6) is 1.31. The molecule has 0 saturated heterocycles. The molecule has 0 fully saturated rings. The number of carbonyl (C=O) groups is 1. The summed E-state index contributed by atoms with van der Waals surface area (Å²) in [5, 5.41) is 12.6. The number of halogens is 1. The first-order valence-corrected chi connectivity index (χ1v) is 10.2. The van der Waals surface area contributed by atoms with E-state index in [4.69, 9.17) is 11.6 Å². The maximum atomic E-state index is 12.1. The molecular formula is C21H21ClN4OS. The molecule has 1 N–H and O–H groups in total. The third-order valence-corrected chi connectivity index (χ3v) is 5.59. The molecule has 3 rings (SSSR count). The van der Waals surface area contributed by atoms with Gasteiger partial charge in [0.1, 0.15) is 0 Å². The predicted octanol–water partition coefficient (Wildman–Crippen LogP) is 4.40. The van der Waals surface area contributed by atoms with Crippen LogP contribution in [0.25, 0.3) is 6.08 Å². The fraction of sp³-hybridized carbons (Fsp3) is 0.190. The predicted molar refractivity (Wildman–Crippen MR) is 114 cm³/mol. The summed E-state index contributed by atoms with van der Waals surface area (Å²) in [6, 6.07) is 15.8. The van der Waals surface area contributed by atoms with Gasteiger partial charge in [-0.2, -0.15) is 0 Å². The van der Waals surface area contributed by atoms with Gasteiger partial charge >= 0.3 is 0 Å². The minimum atomic E-state index is -0.211. The molecule has 0 saturated carbocycles. The van der Waals surface area contributed by atoms with Crippen molar-refractivity contribution >= 4 is 35.3 Å². The lowest BCUT2D eigenvalue weighted by Gasteiger charge is -2.05. The number of aromatic nitrogens is 3. The quantitative estimate of drug-likeness (QED) is 0.461. The van der Waals surface area contributed by atoms with Crippen LogP contribution in [0.1, 0.15) is 22.5 Å². The van der Waals surface area contributed by atoms with Crippen LogP contribution in [0.5, 0.6) is 0 Å². The van der Waals surface area contributed by atoms with E-state index in [1.54, 1.807) is 23.9 Å². The molecule has 28 heavy (non-hydrogen) atoms. The molecule has 3 aromatic rings. The third kappa shape index (κ3) is 5.47. The summed E-state index contributed by atoms with van der Waals surface area (Å²) in [5.41, 5.74) is 3.28. The number of hydrogen-bond acceptors (Lipinski definition) is 4. The molecule has 0 unspecified atom stereocenters. The van der Waals surface area contributed by atoms with Gasteiger partial charge in [0.25, 0.3) is 0 Å². The monoisotopic (exact) mass is 412 g/mol. The Bertz CT molecular complexity index is 982. The summed E-state index contributed by atoms with van der Waals surface area (Å²) >= 11 is 7.70. The van der Waals surface area contributed by atoms with Gasteiger partial charge < -0.3 is 9.88 Å². The Hall–Kier alpha value is -2.57. The van der Waals surface area contributed by atoms with Crippen molar-refractivity contribution in [1.82, 2.24) is 20.1 Å². The van der Waals surface area contributed by atoms with Crippen LogP contribution >= 0.6 is 23.4 Å². The zero-order valence-corrected chi connectivity index (χ0v) is 17.3. The minimum Gasteiger partial charge on any atom is -0.345 e. The number of amides is 1. The van der Waals surface area contributed by atoms with E-state index in [1.165, 1.54) is 17.2 Å². The van der Waals surface area contributed by atoms with Crippen LogP contribution in [0.15, 0.2) is 59.8 Å². The molecule has 7 heteroatoms. The standard InChI is InChI=1S/C21H21ClN4OS/c1-15-7-9-16(10-8-15)14-28-21-25-24-19(26(21)2)13-23-20(27)12-11-17-5-3-4-6-18(17)22/h3-12H,13-14H2,1-2H3,(H,23,27)/b12-11+. The lowest BCUT2D eigenvalue weighted by Crippen LogP contribution is -2.22. The van der Waals surface area contributed by atoms with Gasteiger partial charge in [-0.3, -0.25) is 4.79 Å². The Morgan fingerprint density at radius 3 is 2.68 bits per heavy atom. The van der Waals surface area contributed by atoms with Gasteiger partial charge in [0, 0.05) is 23.9 Å². The van der Waals surface area contributed by atoms with E-state index in [-0.39, 0.29) is 5.91 Å². The van der Waals surface area contributed by atoms with Crippen LogP contribution in [-0.2, 0) is 24.1 Å². The fourth-order valence-electron chi connectivity index (χ4n) is 2.46. The molecular weight excluding hydrogens is 392 g/mol. The van der Waals surface area contributed by atoms with Gasteiger partial charge in [-0.25, -0.2) is 0 Å². The number of rotatable bonds is 7. The first kappa shape index (κ1) is 20.2. The molecule has 0 spiro atoms. The Morgan fingerprint density at radius 1 is 1.18 bits per heavy atom. The Labute approximate surface area is 173 Å². The first-order valence-electron chi connectivity index (χ1n) is 8.80. The van der Waals surface area contributed by atoms with Crippen LogP contribution < -0.4 is 5.32 Å². The highest BCUT2D eigenvalue weighted by atomic mass is 35.5. The summed E-state index contributed by atoms with van der Waals surface area (Å²) < 4.78 is 1.90. The second kappa shape index (κ2) is 9.57. The summed E-state index contributed by atoms with van der Waals surface area (Å²) in [6.45, 7) is 2.38. The van der Waals surface area contributed by atoms with Gasteiger partial charge in [-0.05, 0) is 30.2 Å². The molecule has 144 valence electrons. The van der Waals surface area contributed by atoms with E-state index in [2.05, 4.69) is 46.7 Å². The molecule has 2 aromatic carbocycles. The highest BCUT2D eigenvalue weighted by Crippen LogP contribution is 2.21. The molecule has 0 bridgehead atoms. The Morgan fingerprint density at radius 2 is 1.93 bits per heavy atom. The van der Waals surface area contributed by atoms with E-state index in [1.807, 2.05) is 29.8 Å². The van der Waals surface area contributed by atoms with Gasteiger partial charge in [0.2, 0.25) is 5.91 Å². The number of benzene rings is 2.